The van der Waals surface area contributed by atoms with E-state index >= 15 is 0 Å². The van der Waals surface area contributed by atoms with Crippen molar-refractivity contribution >= 4 is 40.6 Å². The molecule has 2 rings (SSSR count). The van der Waals surface area contributed by atoms with E-state index in [-0.39, 0.29) is 21.9 Å². The number of aryl methyl sites for hydroxylation is 1. The maximum absolute atomic E-state index is 12.1. The molecule has 0 aromatic carbocycles. The van der Waals surface area contributed by atoms with E-state index in [1.54, 1.807) is 16.8 Å². The van der Waals surface area contributed by atoms with Crippen LogP contribution in [0, 0.1) is 0 Å². The third-order valence-electron chi connectivity index (χ3n) is 2.47. The number of nitrogens with one attached hydrogen (secondary N) is 1. The Morgan fingerprint density at radius 1 is 1.47 bits per heavy atom. The predicted molar refractivity (Wildman–Crippen MR) is 74.5 cm³/mol. The molecule has 2 aromatic rings. The highest BCUT2D eigenvalue weighted by Gasteiger charge is 2.15. The molecule has 0 fully saturated rings. The highest BCUT2D eigenvalue weighted by Crippen LogP contribution is 2.25. The number of nitrogens with two attached hydrogens (primary N) is 1. The fourth-order valence-corrected chi connectivity index (χ4v) is 1.87. The minimum atomic E-state index is -0.366. The molecule has 0 saturated heterocycles. The molecular formula is C11H11Cl2N5O. The number of anilines is 2. The first-order valence-corrected chi connectivity index (χ1v) is 6.21. The van der Waals surface area contributed by atoms with E-state index in [0.29, 0.717) is 17.9 Å². The number of halogens is 2. The average Bonchev–Trinajstić information content (AvgIpc) is 2.76. The summed E-state index contributed by atoms with van der Waals surface area (Å²) in [4.78, 5) is 19.7. The van der Waals surface area contributed by atoms with E-state index < -0.39 is 0 Å². The molecule has 0 aliphatic heterocycles. The van der Waals surface area contributed by atoms with Crippen molar-refractivity contribution in [2.75, 3.05) is 11.1 Å². The minimum absolute atomic E-state index is 0.0809. The monoisotopic (exact) mass is 299 g/mol. The Labute approximate surface area is 119 Å². The molecule has 2 heterocycles. The van der Waals surface area contributed by atoms with Gasteiger partial charge >= 0.3 is 0 Å². The topological polar surface area (TPSA) is 85.8 Å². The van der Waals surface area contributed by atoms with Crippen LogP contribution in [-0.4, -0.2) is 20.4 Å². The lowest BCUT2D eigenvalue weighted by Crippen LogP contribution is -2.17. The molecule has 0 aliphatic rings. The van der Waals surface area contributed by atoms with Gasteiger partial charge in [-0.05, 0) is 13.0 Å². The SMILES string of the molecule is CCn1cc(N)cc1C(=O)Nc1ncnc(Cl)c1Cl. The molecule has 1 amide bonds. The summed E-state index contributed by atoms with van der Waals surface area (Å²) in [6, 6.07) is 1.58. The summed E-state index contributed by atoms with van der Waals surface area (Å²) in [5.74, 6) is -0.204. The number of nitrogens with zero attached hydrogens (tertiary/aromatic N) is 3. The minimum Gasteiger partial charge on any atom is -0.397 e. The maximum atomic E-state index is 12.1. The van der Waals surface area contributed by atoms with E-state index in [9.17, 15) is 4.79 Å². The van der Waals surface area contributed by atoms with Crippen molar-refractivity contribution in [1.29, 1.82) is 0 Å². The highest BCUT2D eigenvalue weighted by molar-refractivity contribution is 6.43. The van der Waals surface area contributed by atoms with Crippen molar-refractivity contribution in [1.82, 2.24) is 14.5 Å². The molecule has 0 radical (unpaired) electrons. The summed E-state index contributed by atoms with van der Waals surface area (Å²) < 4.78 is 1.72. The van der Waals surface area contributed by atoms with Crippen LogP contribution >= 0.6 is 23.2 Å². The Kier molecular flexibility index (Phi) is 3.92. The normalized spacial score (nSPS) is 10.5. The fraction of sp³-hybridized carbons (Fsp3) is 0.182. The lowest BCUT2D eigenvalue weighted by molar-refractivity contribution is 0.101. The van der Waals surface area contributed by atoms with E-state index in [4.69, 9.17) is 28.9 Å². The first-order chi connectivity index (χ1) is 9.02. The van der Waals surface area contributed by atoms with Crippen molar-refractivity contribution in [3.63, 3.8) is 0 Å². The Hall–Kier alpha value is -1.79. The Morgan fingerprint density at radius 3 is 2.89 bits per heavy atom. The van der Waals surface area contributed by atoms with Crippen LogP contribution < -0.4 is 11.1 Å². The molecule has 0 spiro atoms. The van der Waals surface area contributed by atoms with Crippen LogP contribution in [0.5, 0.6) is 0 Å². The van der Waals surface area contributed by atoms with E-state index in [2.05, 4.69) is 15.3 Å². The Balaban J connectivity index is 2.28. The summed E-state index contributed by atoms with van der Waals surface area (Å²) in [6.07, 6.45) is 2.90. The zero-order chi connectivity index (χ0) is 14.0. The van der Waals surface area contributed by atoms with Gasteiger partial charge in [-0.3, -0.25) is 4.79 Å². The second-order valence-corrected chi connectivity index (χ2v) is 4.46. The molecule has 0 atom stereocenters. The number of nitrogen functional groups attached to an aromatic ring is 1. The number of rotatable bonds is 3. The second kappa shape index (κ2) is 5.46. The van der Waals surface area contributed by atoms with Crippen LogP contribution in [0.15, 0.2) is 18.6 Å². The zero-order valence-electron chi connectivity index (χ0n) is 10.0. The third kappa shape index (κ3) is 2.80. The number of hydrogen-bond acceptors (Lipinski definition) is 4. The van der Waals surface area contributed by atoms with Gasteiger partial charge in [0.2, 0.25) is 0 Å². The number of aromatic nitrogens is 3. The number of carbonyl (C=O) groups is 1. The molecule has 19 heavy (non-hydrogen) atoms. The van der Waals surface area contributed by atoms with Crippen LogP contribution in [-0.2, 0) is 6.54 Å². The largest absolute Gasteiger partial charge is 0.397 e. The number of hydrogen-bond donors (Lipinski definition) is 2. The molecule has 8 heteroatoms. The third-order valence-corrected chi connectivity index (χ3v) is 3.21. The molecule has 6 nitrogen and oxygen atoms in total. The quantitative estimate of drug-likeness (QED) is 0.852. The van der Waals surface area contributed by atoms with Crippen LogP contribution in [0.3, 0.4) is 0 Å². The first kappa shape index (κ1) is 13.6. The predicted octanol–water partition coefficient (Wildman–Crippen LogP) is 2.44. The van der Waals surface area contributed by atoms with Gasteiger partial charge in [0.25, 0.3) is 5.91 Å². The van der Waals surface area contributed by atoms with Gasteiger partial charge in [-0.25, -0.2) is 9.97 Å². The summed E-state index contributed by atoms with van der Waals surface area (Å²) in [7, 11) is 0. The van der Waals surface area contributed by atoms with Crippen molar-refractivity contribution in [3.8, 4) is 0 Å². The van der Waals surface area contributed by atoms with Crippen molar-refractivity contribution < 1.29 is 4.79 Å². The lowest BCUT2D eigenvalue weighted by atomic mass is 10.3. The van der Waals surface area contributed by atoms with Gasteiger partial charge in [-0.1, -0.05) is 23.2 Å². The second-order valence-electron chi connectivity index (χ2n) is 3.73. The average molecular weight is 300 g/mol. The van der Waals surface area contributed by atoms with Gasteiger partial charge < -0.3 is 15.6 Å². The number of amides is 1. The molecular weight excluding hydrogens is 289 g/mol. The van der Waals surface area contributed by atoms with Gasteiger partial charge in [0.1, 0.15) is 17.0 Å². The smallest absolute Gasteiger partial charge is 0.273 e. The summed E-state index contributed by atoms with van der Waals surface area (Å²) in [6.45, 7) is 2.53. The molecule has 0 unspecified atom stereocenters. The standard InChI is InChI=1S/C11H11Cl2N5O/c1-2-18-4-6(14)3-7(18)11(19)17-10-8(12)9(13)15-5-16-10/h3-5H,2,14H2,1H3,(H,15,16,17,19). The van der Waals surface area contributed by atoms with Gasteiger partial charge in [0.15, 0.2) is 11.0 Å². The maximum Gasteiger partial charge on any atom is 0.273 e. The van der Waals surface area contributed by atoms with Gasteiger partial charge in [-0.15, -0.1) is 0 Å². The Bertz CT molecular complexity index is 626. The molecule has 2 aromatic heterocycles. The Morgan fingerprint density at radius 2 is 2.21 bits per heavy atom. The molecule has 0 bridgehead atoms. The number of carbonyl (C=O) groups excluding carboxylic acids is 1. The zero-order valence-corrected chi connectivity index (χ0v) is 11.5. The van der Waals surface area contributed by atoms with Crippen LogP contribution in [0.2, 0.25) is 10.2 Å². The van der Waals surface area contributed by atoms with Crippen LogP contribution in [0.25, 0.3) is 0 Å². The summed E-state index contributed by atoms with van der Waals surface area (Å²) in [5, 5.41) is 2.75. The van der Waals surface area contributed by atoms with Gasteiger partial charge in [-0.2, -0.15) is 0 Å². The molecule has 0 saturated carbocycles. The van der Waals surface area contributed by atoms with E-state index in [0.717, 1.165) is 0 Å². The highest BCUT2D eigenvalue weighted by atomic mass is 35.5. The molecule has 100 valence electrons. The van der Waals surface area contributed by atoms with Crippen molar-refractivity contribution in [3.05, 3.63) is 34.5 Å². The van der Waals surface area contributed by atoms with Crippen LogP contribution in [0.1, 0.15) is 17.4 Å². The molecule has 3 N–H and O–H groups in total. The first-order valence-electron chi connectivity index (χ1n) is 5.46. The lowest BCUT2D eigenvalue weighted by Gasteiger charge is -2.08. The fourth-order valence-electron chi connectivity index (χ4n) is 1.59. The van der Waals surface area contributed by atoms with E-state index in [1.165, 1.54) is 6.33 Å². The van der Waals surface area contributed by atoms with E-state index in [1.807, 2.05) is 6.92 Å². The van der Waals surface area contributed by atoms with Gasteiger partial charge in [0, 0.05) is 12.7 Å². The summed E-state index contributed by atoms with van der Waals surface area (Å²) >= 11 is 11.6. The van der Waals surface area contributed by atoms with Crippen molar-refractivity contribution in [2.45, 2.75) is 13.5 Å². The van der Waals surface area contributed by atoms with Gasteiger partial charge in [0.05, 0.1) is 5.69 Å². The van der Waals surface area contributed by atoms with Crippen molar-refractivity contribution in [2.24, 2.45) is 0 Å². The van der Waals surface area contributed by atoms with Crippen LogP contribution in [0.4, 0.5) is 11.5 Å². The molecule has 0 aliphatic carbocycles. The summed E-state index contributed by atoms with van der Waals surface area (Å²) in [5.41, 5.74) is 6.60.